The van der Waals surface area contributed by atoms with Crippen molar-refractivity contribution < 1.29 is 0 Å². The van der Waals surface area contributed by atoms with Crippen LogP contribution in [0.4, 0.5) is 0 Å². The van der Waals surface area contributed by atoms with Crippen LogP contribution >= 0.6 is 0 Å². The Balaban J connectivity index is 1.71. The fourth-order valence-electron chi connectivity index (χ4n) is 3.11. The van der Waals surface area contributed by atoms with Gasteiger partial charge in [0.25, 0.3) is 0 Å². The van der Waals surface area contributed by atoms with Crippen LogP contribution < -0.4 is 5.73 Å². The van der Waals surface area contributed by atoms with Gasteiger partial charge in [-0.05, 0) is 51.1 Å². The largest absolute Gasteiger partial charge is 0.330 e. The highest BCUT2D eigenvalue weighted by Crippen LogP contribution is 2.29. The topological polar surface area (TPSA) is 29.3 Å². The van der Waals surface area contributed by atoms with Crippen molar-refractivity contribution in [1.82, 2.24) is 4.90 Å². The molecule has 1 heterocycles. The molecule has 2 N–H and O–H groups in total. The van der Waals surface area contributed by atoms with E-state index < -0.39 is 0 Å². The molecule has 1 saturated carbocycles. The Morgan fingerprint density at radius 3 is 2.64 bits per heavy atom. The van der Waals surface area contributed by atoms with Crippen LogP contribution in [-0.2, 0) is 0 Å². The van der Waals surface area contributed by atoms with Gasteiger partial charge in [-0.3, -0.25) is 0 Å². The van der Waals surface area contributed by atoms with Crippen molar-refractivity contribution in [2.24, 2.45) is 11.7 Å². The summed E-state index contributed by atoms with van der Waals surface area (Å²) in [6, 6.07) is 0.942. The maximum Gasteiger partial charge on any atom is 0.00953 e. The summed E-state index contributed by atoms with van der Waals surface area (Å²) in [7, 11) is 0. The third kappa shape index (κ3) is 2.48. The standard InChI is InChI=1S/C12H24N2/c13-8-3-4-11-7-9-14(10-11)12-5-1-2-6-12/h11-12H,1-10,13H2. The first-order valence-electron chi connectivity index (χ1n) is 6.34. The Morgan fingerprint density at radius 1 is 1.14 bits per heavy atom. The van der Waals surface area contributed by atoms with E-state index in [0.717, 1.165) is 18.5 Å². The summed E-state index contributed by atoms with van der Waals surface area (Å²) in [5.74, 6) is 0.958. The van der Waals surface area contributed by atoms with E-state index in [-0.39, 0.29) is 0 Å². The lowest BCUT2D eigenvalue weighted by atomic mass is 10.0. The van der Waals surface area contributed by atoms with Gasteiger partial charge in [0.2, 0.25) is 0 Å². The monoisotopic (exact) mass is 196 g/mol. The molecule has 1 aliphatic carbocycles. The Kier molecular flexibility index (Phi) is 3.82. The van der Waals surface area contributed by atoms with Gasteiger partial charge in [-0.25, -0.2) is 0 Å². The fourth-order valence-corrected chi connectivity index (χ4v) is 3.11. The summed E-state index contributed by atoms with van der Waals surface area (Å²) >= 11 is 0. The second-order valence-corrected chi connectivity index (χ2v) is 5.02. The molecule has 1 saturated heterocycles. The van der Waals surface area contributed by atoms with Crippen LogP contribution in [0.1, 0.15) is 44.9 Å². The lowest BCUT2D eigenvalue weighted by Gasteiger charge is -2.23. The maximum atomic E-state index is 5.55. The summed E-state index contributed by atoms with van der Waals surface area (Å²) in [4.78, 5) is 2.74. The second kappa shape index (κ2) is 5.13. The van der Waals surface area contributed by atoms with E-state index in [4.69, 9.17) is 5.73 Å². The average molecular weight is 196 g/mol. The number of hydrogen-bond acceptors (Lipinski definition) is 2. The maximum absolute atomic E-state index is 5.55. The van der Waals surface area contributed by atoms with Crippen LogP contribution in [0.25, 0.3) is 0 Å². The van der Waals surface area contributed by atoms with Gasteiger partial charge in [0.1, 0.15) is 0 Å². The van der Waals surface area contributed by atoms with Gasteiger partial charge in [-0.2, -0.15) is 0 Å². The highest BCUT2D eigenvalue weighted by molar-refractivity contribution is 4.84. The predicted molar refractivity (Wildman–Crippen MR) is 60.2 cm³/mol. The molecular weight excluding hydrogens is 172 g/mol. The molecule has 0 bridgehead atoms. The Bertz CT molecular complexity index is 164. The Morgan fingerprint density at radius 2 is 1.93 bits per heavy atom. The van der Waals surface area contributed by atoms with Crippen LogP contribution in [0.2, 0.25) is 0 Å². The van der Waals surface area contributed by atoms with Crippen LogP contribution in [0.5, 0.6) is 0 Å². The van der Waals surface area contributed by atoms with Crippen LogP contribution in [0.3, 0.4) is 0 Å². The number of nitrogens with two attached hydrogens (primary N) is 1. The molecule has 1 unspecified atom stereocenters. The zero-order chi connectivity index (χ0) is 9.80. The Hall–Kier alpha value is -0.0800. The first-order valence-corrected chi connectivity index (χ1v) is 6.34. The van der Waals surface area contributed by atoms with Crippen LogP contribution in [0, 0.1) is 5.92 Å². The fraction of sp³-hybridized carbons (Fsp3) is 1.00. The van der Waals surface area contributed by atoms with E-state index in [1.807, 2.05) is 0 Å². The van der Waals surface area contributed by atoms with Crippen molar-refractivity contribution >= 4 is 0 Å². The van der Waals surface area contributed by atoms with Crippen molar-refractivity contribution in [2.75, 3.05) is 19.6 Å². The lowest BCUT2D eigenvalue weighted by molar-refractivity contribution is 0.235. The van der Waals surface area contributed by atoms with Gasteiger partial charge in [0, 0.05) is 12.6 Å². The molecule has 0 spiro atoms. The molecule has 0 aromatic heterocycles. The van der Waals surface area contributed by atoms with Crippen molar-refractivity contribution in [1.29, 1.82) is 0 Å². The van der Waals surface area contributed by atoms with Crippen LogP contribution in [-0.4, -0.2) is 30.6 Å². The third-order valence-corrected chi connectivity index (χ3v) is 3.97. The number of rotatable bonds is 4. The lowest BCUT2D eigenvalue weighted by Crippen LogP contribution is -2.30. The molecule has 2 rings (SSSR count). The first-order chi connectivity index (χ1) is 6.90. The van der Waals surface area contributed by atoms with Crippen LogP contribution in [0.15, 0.2) is 0 Å². The highest BCUT2D eigenvalue weighted by atomic mass is 15.2. The quantitative estimate of drug-likeness (QED) is 0.745. The molecule has 2 aliphatic rings. The van der Waals surface area contributed by atoms with Crippen molar-refractivity contribution in [2.45, 2.75) is 51.0 Å². The molecule has 0 aromatic carbocycles. The molecule has 2 fully saturated rings. The normalized spacial score (nSPS) is 30.2. The van der Waals surface area contributed by atoms with Crippen molar-refractivity contribution in [3.63, 3.8) is 0 Å². The van der Waals surface area contributed by atoms with E-state index in [9.17, 15) is 0 Å². The summed E-state index contributed by atoms with van der Waals surface area (Å²) in [6.45, 7) is 3.60. The molecule has 2 nitrogen and oxygen atoms in total. The molecule has 0 aromatic rings. The third-order valence-electron chi connectivity index (χ3n) is 3.97. The predicted octanol–water partition coefficient (Wildman–Crippen LogP) is 1.99. The van der Waals surface area contributed by atoms with Gasteiger partial charge >= 0.3 is 0 Å². The number of hydrogen-bond donors (Lipinski definition) is 1. The average Bonchev–Trinajstić information content (AvgIpc) is 2.85. The zero-order valence-corrected chi connectivity index (χ0v) is 9.25. The number of likely N-dealkylation sites (tertiary alicyclic amines) is 1. The van der Waals surface area contributed by atoms with Gasteiger partial charge in [0.15, 0.2) is 0 Å². The van der Waals surface area contributed by atoms with E-state index >= 15 is 0 Å². The van der Waals surface area contributed by atoms with Gasteiger partial charge < -0.3 is 10.6 Å². The van der Waals surface area contributed by atoms with E-state index in [0.29, 0.717) is 0 Å². The highest BCUT2D eigenvalue weighted by Gasteiger charge is 2.29. The summed E-state index contributed by atoms with van der Waals surface area (Å²) in [5.41, 5.74) is 5.55. The van der Waals surface area contributed by atoms with Crippen molar-refractivity contribution in [3.8, 4) is 0 Å². The second-order valence-electron chi connectivity index (χ2n) is 5.02. The van der Waals surface area contributed by atoms with E-state index in [1.54, 1.807) is 0 Å². The SMILES string of the molecule is NCCCC1CCN(C2CCCC2)C1. The molecule has 1 aliphatic heterocycles. The molecule has 14 heavy (non-hydrogen) atoms. The van der Waals surface area contributed by atoms with Gasteiger partial charge in [-0.1, -0.05) is 12.8 Å². The zero-order valence-electron chi connectivity index (χ0n) is 9.25. The molecular formula is C12H24N2. The summed E-state index contributed by atoms with van der Waals surface area (Å²) < 4.78 is 0. The molecule has 0 radical (unpaired) electrons. The van der Waals surface area contributed by atoms with E-state index in [1.165, 1.54) is 58.0 Å². The summed E-state index contributed by atoms with van der Waals surface area (Å²) in [5, 5.41) is 0. The molecule has 0 amide bonds. The summed E-state index contributed by atoms with van der Waals surface area (Å²) in [6.07, 6.45) is 9.87. The minimum absolute atomic E-state index is 0.875. The first kappa shape index (κ1) is 10.4. The molecule has 1 atom stereocenters. The van der Waals surface area contributed by atoms with Crippen molar-refractivity contribution in [3.05, 3.63) is 0 Å². The minimum Gasteiger partial charge on any atom is -0.330 e. The van der Waals surface area contributed by atoms with Gasteiger partial charge in [-0.15, -0.1) is 0 Å². The Labute approximate surface area is 87.8 Å². The van der Waals surface area contributed by atoms with E-state index in [2.05, 4.69) is 4.90 Å². The molecule has 82 valence electrons. The smallest absolute Gasteiger partial charge is 0.00953 e. The molecule has 2 heteroatoms. The van der Waals surface area contributed by atoms with Gasteiger partial charge in [0.05, 0.1) is 0 Å². The minimum atomic E-state index is 0.875. The number of nitrogens with zero attached hydrogens (tertiary/aromatic N) is 1.